The Hall–Kier alpha value is -3.06. The van der Waals surface area contributed by atoms with Gasteiger partial charge in [-0.2, -0.15) is 4.98 Å². The van der Waals surface area contributed by atoms with Crippen LogP contribution in [0.1, 0.15) is 5.56 Å². The highest BCUT2D eigenvalue weighted by Crippen LogP contribution is 2.39. The molecule has 1 aliphatic rings. The van der Waals surface area contributed by atoms with Crippen molar-refractivity contribution in [2.45, 2.75) is 6.54 Å². The van der Waals surface area contributed by atoms with Gasteiger partial charge < -0.3 is 20.1 Å². The summed E-state index contributed by atoms with van der Waals surface area (Å²) < 4.78 is 25.4. The van der Waals surface area contributed by atoms with Crippen LogP contribution in [-0.2, 0) is 6.54 Å². The normalized spacial score (nSPS) is 12.1. The first kappa shape index (κ1) is 16.4. The number of halogens is 2. The van der Waals surface area contributed by atoms with Crippen molar-refractivity contribution < 1.29 is 13.9 Å². The quantitative estimate of drug-likeness (QED) is 0.692. The molecule has 0 bridgehead atoms. The average Bonchev–Trinajstić information content (AvgIpc) is 2.84. The van der Waals surface area contributed by atoms with E-state index < -0.39 is 5.82 Å². The van der Waals surface area contributed by atoms with Crippen molar-refractivity contribution in [2.24, 2.45) is 0 Å². The summed E-state index contributed by atoms with van der Waals surface area (Å²) in [4.78, 5) is 8.38. The Morgan fingerprint density at radius 1 is 1.27 bits per heavy atom. The number of fused-ring (bicyclic) bond motifs is 2. The molecule has 2 aromatic carbocycles. The third-order valence-electron chi connectivity index (χ3n) is 3.95. The maximum absolute atomic E-state index is 14.2. The van der Waals surface area contributed by atoms with Crippen molar-refractivity contribution in [3.8, 4) is 17.4 Å². The Balaban J connectivity index is 1.71. The minimum Gasteiger partial charge on any atom is -0.497 e. The minimum atomic E-state index is -0.552. The molecule has 1 aliphatic heterocycles. The van der Waals surface area contributed by atoms with Gasteiger partial charge in [0.1, 0.15) is 23.5 Å². The summed E-state index contributed by atoms with van der Waals surface area (Å²) in [7, 11) is 1.59. The molecule has 0 saturated heterocycles. The van der Waals surface area contributed by atoms with Crippen LogP contribution < -0.4 is 20.1 Å². The number of hydrogen-bond donors (Lipinski definition) is 2. The van der Waals surface area contributed by atoms with Crippen LogP contribution >= 0.6 is 11.6 Å². The number of rotatable bonds is 3. The number of ether oxygens (including phenoxy) is 2. The van der Waals surface area contributed by atoms with Crippen LogP contribution in [0, 0.1) is 5.82 Å². The molecule has 6 nitrogen and oxygen atoms in total. The summed E-state index contributed by atoms with van der Waals surface area (Å²) in [5, 5.41) is 6.20. The van der Waals surface area contributed by atoms with Gasteiger partial charge in [-0.15, -0.1) is 0 Å². The van der Waals surface area contributed by atoms with Crippen LogP contribution in [0.25, 0.3) is 0 Å². The number of methoxy groups -OCH3 is 1. The maximum atomic E-state index is 14.2. The van der Waals surface area contributed by atoms with Crippen molar-refractivity contribution in [3.05, 3.63) is 59.1 Å². The monoisotopic (exact) mass is 372 g/mol. The first-order valence-electron chi connectivity index (χ1n) is 7.80. The summed E-state index contributed by atoms with van der Waals surface area (Å²) in [5.41, 5.74) is 1.68. The second-order valence-electron chi connectivity index (χ2n) is 5.56. The first-order valence-corrected chi connectivity index (χ1v) is 8.18. The van der Waals surface area contributed by atoms with Crippen LogP contribution in [0.4, 0.5) is 21.6 Å². The highest BCUT2D eigenvalue weighted by molar-refractivity contribution is 6.31. The highest BCUT2D eigenvalue weighted by atomic mass is 35.5. The van der Waals surface area contributed by atoms with Crippen molar-refractivity contribution >= 4 is 28.8 Å². The Bertz CT molecular complexity index is 983. The zero-order valence-electron chi connectivity index (χ0n) is 13.7. The standard InChI is InChI=1S/C18H14ClFN4O2/c1-25-11-6-5-10-8-21-16-17(22-9-23-18(16)26-14(10)7-11)24-13-4-2-3-12(19)15(13)20/h2-7,9,21H,8H2,1H3,(H,22,23,24). The number of nitrogens with zero attached hydrogens (tertiary/aromatic N) is 2. The van der Waals surface area contributed by atoms with Crippen LogP contribution in [-0.4, -0.2) is 17.1 Å². The lowest BCUT2D eigenvalue weighted by molar-refractivity contribution is 0.407. The summed E-state index contributed by atoms with van der Waals surface area (Å²) in [6.07, 6.45) is 1.34. The molecular weight excluding hydrogens is 359 g/mol. The van der Waals surface area contributed by atoms with E-state index in [1.165, 1.54) is 12.4 Å². The van der Waals surface area contributed by atoms with Gasteiger partial charge in [0, 0.05) is 18.2 Å². The van der Waals surface area contributed by atoms with Gasteiger partial charge in [-0.05, 0) is 24.3 Å². The van der Waals surface area contributed by atoms with Crippen LogP contribution in [0.5, 0.6) is 17.4 Å². The van der Waals surface area contributed by atoms with Crippen LogP contribution in [0.3, 0.4) is 0 Å². The summed E-state index contributed by atoms with van der Waals surface area (Å²) in [6, 6.07) is 10.3. The molecule has 8 heteroatoms. The number of nitrogens with one attached hydrogen (secondary N) is 2. The summed E-state index contributed by atoms with van der Waals surface area (Å²) in [6.45, 7) is 0.492. The minimum absolute atomic E-state index is 0.0267. The van der Waals surface area contributed by atoms with Gasteiger partial charge in [-0.3, -0.25) is 0 Å². The zero-order valence-corrected chi connectivity index (χ0v) is 14.5. The van der Waals surface area contributed by atoms with Crippen LogP contribution in [0.15, 0.2) is 42.7 Å². The number of anilines is 3. The van der Waals surface area contributed by atoms with Crippen molar-refractivity contribution in [3.63, 3.8) is 0 Å². The molecule has 26 heavy (non-hydrogen) atoms. The Morgan fingerprint density at radius 2 is 2.15 bits per heavy atom. The van der Waals surface area contributed by atoms with Gasteiger partial charge >= 0.3 is 0 Å². The van der Waals surface area contributed by atoms with E-state index in [4.69, 9.17) is 21.1 Å². The molecule has 0 amide bonds. The number of benzene rings is 2. The molecule has 0 aliphatic carbocycles. The Labute approximate surface area is 154 Å². The first-order chi connectivity index (χ1) is 12.7. The lowest BCUT2D eigenvalue weighted by Gasteiger charge is -2.13. The van der Waals surface area contributed by atoms with E-state index in [9.17, 15) is 4.39 Å². The third-order valence-corrected chi connectivity index (χ3v) is 4.25. The average molecular weight is 373 g/mol. The highest BCUT2D eigenvalue weighted by Gasteiger charge is 2.20. The van der Waals surface area contributed by atoms with E-state index in [-0.39, 0.29) is 10.7 Å². The fraction of sp³-hybridized carbons (Fsp3) is 0.111. The van der Waals surface area contributed by atoms with E-state index in [0.29, 0.717) is 35.4 Å². The molecule has 0 radical (unpaired) electrons. The molecule has 2 heterocycles. The predicted octanol–water partition coefficient (Wildman–Crippen LogP) is 4.74. The van der Waals surface area contributed by atoms with Crippen molar-refractivity contribution in [1.82, 2.24) is 9.97 Å². The van der Waals surface area contributed by atoms with Crippen molar-refractivity contribution in [2.75, 3.05) is 17.7 Å². The topological polar surface area (TPSA) is 68.3 Å². The van der Waals surface area contributed by atoms with Crippen LogP contribution in [0.2, 0.25) is 5.02 Å². The maximum Gasteiger partial charge on any atom is 0.248 e. The summed E-state index contributed by atoms with van der Waals surface area (Å²) >= 11 is 5.84. The summed E-state index contributed by atoms with van der Waals surface area (Å²) in [5.74, 6) is 1.48. The fourth-order valence-electron chi connectivity index (χ4n) is 2.62. The second-order valence-corrected chi connectivity index (χ2v) is 5.97. The van der Waals surface area contributed by atoms with Gasteiger partial charge in [0.2, 0.25) is 5.88 Å². The number of aromatic nitrogens is 2. The zero-order chi connectivity index (χ0) is 18.1. The fourth-order valence-corrected chi connectivity index (χ4v) is 2.79. The van der Waals surface area contributed by atoms with Crippen molar-refractivity contribution in [1.29, 1.82) is 0 Å². The smallest absolute Gasteiger partial charge is 0.248 e. The van der Waals surface area contributed by atoms with Gasteiger partial charge in [0.05, 0.1) is 17.8 Å². The SMILES string of the molecule is COc1ccc2c(c1)Oc1ncnc(Nc3cccc(Cl)c3F)c1NC2. The van der Waals surface area contributed by atoms with E-state index in [2.05, 4.69) is 20.6 Å². The van der Waals surface area contributed by atoms with E-state index >= 15 is 0 Å². The molecule has 0 atom stereocenters. The third kappa shape index (κ3) is 2.97. The van der Waals surface area contributed by atoms with E-state index in [1.54, 1.807) is 25.3 Å². The molecular formula is C18H14ClFN4O2. The molecule has 3 aromatic rings. The number of hydrogen-bond acceptors (Lipinski definition) is 6. The lowest BCUT2D eigenvalue weighted by atomic mass is 10.2. The van der Waals surface area contributed by atoms with Gasteiger partial charge in [0.25, 0.3) is 0 Å². The van der Waals surface area contributed by atoms with E-state index in [0.717, 1.165) is 5.56 Å². The predicted molar refractivity (Wildman–Crippen MR) is 97.1 cm³/mol. The lowest BCUT2D eigenvalue weighted by Crippen LogP contribution is -2.05. The second kappa shape index (κ2) is 6.68. The Kier molecular flexibility index (Phi) is 4.22. The van der Waals surface area contributed by atoms with Gasteiger partial charge in [0.15, 0.2) is 11.6 Å². The molecule has 1 aromatic heterocycles. The molecule has 0 fully saturated rings. The van der Waals surface area contributed by atoms with Gasteiger partial charge in [-0.1, -0.05) is 17.7 Å². The molecule has 4 rings (SSSR count). The van der Waals surface area contributed by atoms with Gasteiger partial charge in [-0.25, -0.2) is 9.37 Å². The molecule has 0 saturated carbocycles. The largest absolute Gasteiger partial charge is 0.497 e. The van der Waals surface area contributed by atoms with E-state index in [1.807, 2.05) is 12.1 Å². The molecule has 132 valence electrons. The molecule has 0 spiro atoms. The molecule has 2 N–H and O–H groups in total. The molecule has 0 unspecified atom stereocenters. The Morgan fingerprint density at radius 3 is 3.00 bits per heavy atom.